The van der Waals surface area contributed by atoms with Gasteiger partial charge in [-0.2, -0.15) is 0 Å². The molecule has 2 aromatic carbocycles. The fourth-order valence-corrected chi connectivity index (χ4v) is 2.47. The first-order valence-corrected chi connectivity index (χ1v) is 7.35. The quantitative estimate of drug-likeness (QED) is 0.758. The number of hydrogen-bond acceptors (Lipinski definition) is 4. The Morgan fingerprint density at radius 2 is 2.00 bits per heavy atom. The number of rotatable bonds is 5. The molecule has 1 heterocycles. The first kappa shape index (κ1) is 15.0. The smallest absolute Gasteiger partial charge is 0.203 e. The number of phenols is 1. The number of methoxy groups -OCH3 is 1. The number of hydrogen-bond donors (Lipinski definition) is 2. The van der Waals surface area contributed by atoms with Crippen LogP contribution < -0.4 is 10.1 Å². The van der Waals surface area contributed by atoms with Crippen molar-refractivity contribution in [2.24, 2.45) is 7.05 Å². The summed E-state index contributed by atoms with van der Waals surface area (Å²) in [4.78, 5) is 4.43. The lowest BCUT2D eigenvalue weighted by molar-refractivity contribution is 0.415. The average molecular weight is 309 g/mol. The van der Waals surface area contributed by atoms with Gasteiger partial charge in [0.2, 0.25) is 5.95 Å². The van der Waals surface area contributed by atoms with Gasteiger partial charge in [-0.3, -0.25) is 0 Å². The molecular weight excluding hydrogens is 290 g/mol. The molecule has 5 heteroatoms. The largest absolute Gasteiger partial charge is 0.508 e. The number of nitrogens with zero attached hydrogens (tertiary/aromatic N) is 2. The molecule has 0 saturated carbocycles. The third-order valence-electron chi connectivity index (χ3n) is 3.71. The van der Waals surface area contributed by atoms with Crippen molar-refractivity contribution in [3.63, 3.8) is 0 Å². The Bertz CT molecular complexity index is 812. The lowest BCUT2D eigenvalue weighted by atomic mass is 10.1. The SMILES string of the molecule is COc1cccc(-c2cnc(NCc3cccc(O)c3)n2C)c1. The lowest BCUT2D eigenvalue weighted by Gasteiger charge is -2.09. The van der Waals surface area contributed by atoms with Crippen molar-refractivity contribution in [2.75, 3.05) is 12.4 Å². The van der Waals surface area contributed by atoms with Crippen LogP contribution in [-0.2, 0) is 13.6 Å². The summed E-state index contributed by atoms with van der Waals surface area (Å²) in [5.74, 6) is 1.85. The minimum atomic E-state index is 0.265. The van der Waals surface area contributed by atoms with Gasteiger partial charge in [0.15, 0.2) is 0 Å². The van der Waals surface area contributed by atoms with Gasteiger partial charge in [0, 0.05) is 19.2 Å². The molecule has 0 saturated heterocycles. The van der Waals surface area contributed by atoms with Crippen LogP contribution in [0.4, 0.5) is 5.95 Å². The van der Waals surface area contributed by atoms with E-state index in [0.717, 1.165) is 28.5 Å². The lowest BCUT2D eigenvalue weighted by Crippen LogP contribution is -2.05. The Morgan fingerprint density at radius 1 is 1.17 bits per heavy atom. The maximum Gasteiger partial charge on any atom is 0.203 e. The van der Waals surface area contributed by atoms with Crippen LogP contribution in [0.1, 0.15) is 5.56 Å². The van der Waals surface area contributed by atoms with Crippen molar-refractivity contribution in [1.29, 1.82) is 0 Å². The number of phenolic OH excluding ortho intramolecular Hbond substituents is 1. The Labute approximate surface area is 135 Å². The van der Waals surface area contributed by atoms with E-state index >= 15 is 0 Å². The van der Waals surface area contributed by atoms with Crippen molar-refractivity contribution >= 4 is 5.95 Å². The molecule has 0 amide bonds. The van der Waals surface area contributed by atoms with E-state index in [-0.39, 0.29) is 5.75 Å². The molecule has 5 nitrogen and oxygen atoms in total. The summed E-state index contributed by atoms with van der Waals surface area (Å²) < 4.78 is 7.27. The molecule has 3 aromatic rings. The van der Waals surface area contributed by atoms with Gasteiger partial charge in [-0.05, 0) is 29.8 Å². The van der Waals surface area contributed by atoms with Gasteiger partial charge >= 0.3 is 0 Å². The van der Waals surface area contributed by atoms with Crippen LogP contribution in [0.15, 0.2) is 54.7 Å². The number of nitrogens with one attached hydrogen (secondary N) is 1. The summed E-state index contributed by atoms with van der Waals surface area (Å²) in [6.07, 6.45) is 1.83. The van der Waals surface area contributed by atoms with Gasteiger partial charge in [-0.15, -0.1) is 0 Å². The number of aromatic hydroxyl groups is 1. The Hall–Kier alpha value is -2.95. The highest BCUT2D eigenvalue weighted by Gasteiger charge is 2.09. The molecule has 0 aliphatic carbocycles. The zero-order valence-corrected chi connectivity index (χ0v) is 13.2. The molecule has 2 N–H and O–H groups in total. The van der Waals surface area contributed by atoms with Crippen molar-refractivity contribution < 1.29 is 9.84 Å². The first-order valence-electron chi connectivity index (χ1n) is 7.35. The van der Waals surface area contributed by atoms with E-state index in [1.165, 1.54) is 0 Å². The number of ether oxygens (including phenoxy) is 1. The Balaban J connectivity index is 1.79. The van der Waals surface area contributed by atoms with Gasteiger partial charge < -0.3 is 19.7 Å². The van der Waals surface area contributed by atoms with Gasteiger partial charge in [-0.1, -0.05) is 24.3 Å². The van der Waals surface area contributed by atoms with Gasteiger partial charge in [0.25, 0.3) is 0 Å². The summed E-state index contributed by atoms with van der Waals surface area (Å²) in [6, 6.07) is 15.1. The zero-order chi connectivity index (χ0) is 16.2. The average Bonchev–Trinajstić information content (AvgIpc) is 2.94. The first-order chi connectivity index (χ1) is 11.2. The molecule has 0 fully saturated rings. The van der Waals surface area contributed by atoms with Crippen LogP contribution in [0.2, 0.25) is 0 Å². The molecule has 0 atom stereocenters. The number of imidazole rings is 1. The second-order valence-electron chi connectivity index (χ2n) is 5.28. The third-order valence-corrected chi connectivity index (χ3v) is 3.71. The Kier molecular flexibility index (Phi) is 4.19. The fraction of sp³-hybridized carbons (Fsp3) is 0.167. The molecule has 0 spiro atoms. The van der Waals surface area contributed by atoms with E-state index in [0.29, 0.717) is 6.54 Å². The van der Waals surface area contributed by atoms with Crippen molar-refractivity contribution in [3.05, 3.63) is 60.3 Å². The van der Waals surface area contributed by atoms with E-state index in [2.05, 4.69) is 10.3 Å². The predicted octanol–water partition coefficient (Wildman–Crippen LogP) is 3.41. The molecule has 0 aliphatic heterocycles. The highest BCUT2D eigenvalue weighted by molar-refractivity contribution is 5.63. The summed E-state index contributed by atoms with van der Waals surface area (Å²) in [5.41, 5.74) is 3.04. The minimum Gasteiger partial charge on any atom is -0.508 e. The number of benzene rings is 2. The predicted molar refractivity (Wildman–Crippen MR) is 90.6 cm³/mol. The van der Waals surface area contributed by atoms with Gasteiger partial charge in [-0.25, -0.2) is 4.98 Å². The number of anilines is 1. The third kappa shape index (κ3) is 3.29. The molecule has 0 unspecified atom stereocenters. The number of aromatic nitrogens is 2. The van der Waals surface area contributed by atoms with E-state index in [4.69, 9.17) is 4.74 Å². The van der Waals surface area contributed by atoms with Crippen molar-refractivity contribution in [2.45, 2.75) is 6.54 Å². The van der Waals surface area contributed by atoms with Crippen LogP contribution in [0.3, 0.4) is 0 Å². The molecule has 23 heavy (non-hydrogen) atoms. The zero-order valence-electron chi connectivity index (χ0n) is 13.2. The molecule has 0 radical (unpaired) electrons. The fourth-order valence-electron chi connectivity index (χ4n) is 2.47. The maximum absolute atomic E-state index is 9.51. The highest BCUT2D eigenvalue weighted by Crippen LogP contribution is 2.25. The molecular formula is C18H19N3O2. The van der Waals surface area contributed by atoms with Gasteiger partial charge in [0.1, 0.15) is 11.5 Å². The molecule has 0 bridgehead atoms. The summed E-state index contributed by atoms with van der Waals surface area (Å²) in [6.45, 7) is 0.594. The van der Waals surface area contributed by atoms with E-state index in [9.17, 15) is 5.11 Å². The molecule has 3 rings (SSSR count). The van der Waals surface area contributed by atoms with E-state index < -0.39 is 0 Å². The van der Waals surface area contributed by atoms with Crippen LogP contribution in [0, 0.1) is 0 Å². The minimum absolute atomic E-state index is 0.265. The molecule has 118 valence electrons. The molecule has 1 aromatic heterocycles. The van der Waals surface area contributed by atoms with Crippen LogP contribution in [-0.4, -0.2) is 21.8 Å². The standard InChI is InChI=1S/C18H19N3O2/c1-21-17(14-6-4-8-16(10-14)23-2)12-20-18(21)19-11-13-5-3-7-15(22)9-13/h3-10,12,22H,11H2,1-2H3,(H,19,20). The van der Waals surface area contributed by atoms with Crippen LogP contribution in [0.5, 0.6) is 11.5 Å². The normalized spacial score (nSPS) is 10.5. The van der Waals surface area contributed by atoms with Crippen molar-refractivity contribution in [3.8, 4) is 22.8 Å². The van der Waals surface area contributed by atoms with Crippen molar-refractivity contribution in [1.82, 2.24) is 9.55 Å². The summed E-state index contributed by atoms with van der Waals surface area (Å²) in [7, 11) is 3.62. The second kappa shape index (κ2) is 6.44. The van der Waals surface area contributed by atoms with Crippen LogP contribution in [0.25, 0.3) is 11.3 Å². The van der Waals surface area contributed by atoms with E-state index in [1.807, 2.05) is 54.2 Å². The Morgan fingerprint density at radius 3 is 2.78 bits per heavy atom. The second-order valence-corrected chi connectivity index (χ2v) is 5.28. The molecule has 0 aliphatic rings. The van der Waals surface area contributed by atoms with Crippen LogP contribution >= 0.6 is 0 Å². The summed E-state index contributed by atoms with van der Waals surface area (Å²) in [5, 5.41) is 12.8. The highest BCUT2D eigenvalue weighted by atomic mass is 16.5. The summed E-state index contributed by atoms with van der Waals surface area (Å²) >= 11 is 0. The van der Waals surface area contributed by atoms with Gasteiger partial charge in [0.05, 0.1) is 19.0 Å². The monoisotopic (exact) mass is 309 g/mol. The topological polar surface area (TPSA) is 59.3 Å². The van der Waals surface area contributed by atoms with E-state index in [1.54, 1.807) is 19.2 Å². The maximum atomic E-state index is 9.51.